The molecule has 0 aromatic heterocycles. The third-order valence-corrected chi connectivity index (χ3v) is 3.31. The van der Waals surface area contributed by atoms with Crippen molar-refractivity contribution in [2.24, 2.45) is 0 Å². The molecule has 1 heterocycles. The summed E-state index contributed by atoms with van der Waals surface area (Å²) in [6, 6.07) is 5.58. The minimum absolute atomic E-state index is 0.367. The Morgan fingerprint density at radius 3 is 2.94 bits per heavy atom. The standard InChI is InChI=1S/C12H15Cl2NO/c13-10-4-3-9(12(14)6-10)7-15-8-11-2-1-5-16-11/h3-4,6,11,15H,1-2,5,7-8H2/t11-/m0/s1. The minimum Gasteiger partial charge on any atom is -0.377 e. The molecule has 2 rings (SSSR count). The van der Waals surface area contributed by atoms with E-state index in [1.54, 1.807) is 6.07 Å². The SMILES string of the molecule is Clc1ccc(CNC[C@@H]2CCCO2)c(Cl)c1. The lowest BCUT2D eigenvalue weighted by molar-refractivity contribution is 0.110. The molecule has 16 heavy (non-hydrogen) atoms. The Bertz CT molecular complexity index is 351. The summed E-state index contributed by atoms with van der Waals surface area (Å²) in [7, 11) is 0. The van der Waals surface area contributed by atoms with Gasteiger partial charge in [-0.15, -0.1) is 0 Å². The Kier molecular flexibility index (Phi) is 4.47. The molecule has 4 heteroatoms. The van der Waals surface area contributed by atoms with Gasteiger partial charge in [-0.1, -0.05) is 29.3 Å². The number of benzene rings is 1. The monoisotopic (exact) mass is 259 g/mol. The van der Waals surface area contributed by atoms with E-state index in [4.69, 9.17) is 27.9 Å². The van der Waals surface area contributed by atoms with E-state index in [1.807, 2.05) is 12.1 Å². The van der Waals surface area contributed by atoms with E-state index >= 15 is 0 Å². The molecule has 1 aliphatic heterocycles. The van der Waals surface area contributed by atoms with Gasteiger partial charge in [-0.25, -0.2) is 0 Å². The minimum atomic E-state index is 0.367. The molecule has 0 bridgehead atoms. The smallest absolute Gasteiger partial charge is 0.0700 e. The Labute approximate surface area is 106 Å². The van der Waals surface area contributed by atoms with Gasteiger partial charge in [-0.3, -0.25) is 0 Å². The van der Waals surface area contributed by atoms with Gasteiger partial charge in [-0.2, -0.15) is 0 Å². The van der Waals surface area contributed by atoms with Gasteiger partial charge in [-0.05, 0) is 30.5 Å². The van der Waals surface area contributed by atoms with Gasteiger partial charge in [0.25, 0.3) is 0 Å². The highest BCUT2D eigenvalue weighted by atomic mass is 35.5. The molecule has 1 aliphatic rings. The molecule has 1 fully saturated rings. The van der Waals surface area contributed by atoms with Crippen LogP contribution in [0.5, 0.6) is 0 Å². The van der Waals surface area contributed by atoms with Crippen LogP contribution in [0.1, 0.15) is 18.4 Å². The number of ether oxygens (including phenoxy) is 1. The number of hydrogen-bond donors (Lipinski definition) is 1. The van der Waals surface area contributed by atoms with Crippen molar-refractivity contribution in [3.63, 3.8) is 0 Å². The molecule has 88 valence electrons. The molecule has 1 N–H and O–H groups in total. The summed E-state index contributed by atoms with van der Waals surface area (Å²) in [6.07, 6.45) is 2.70. The predicted octanol–water partition coefficient (Wildman–Crippen LogP) is 3.26. The van der Waals surface area contributed by atoms with Crippen LogP contribution in [0.25, 0.3) is 0 Å². The lowest BCUT2D eigenvalue weighted by Crippen LogP contribution is -2.25. The second-order valence-corrected chi connectivity index (χ2v) is 4.85. The van der Waals surface area contributed by atoms with Crippen LogP contribution >= 0.6 is 23.2 Å². The Morgan fingerprint density at radius 2 is 2.25 bits per heavy atom. The molecule has 0 amide bonds. The molecular formula is C12H15Cl2NO. The molecule has 1 aromatic rings. The van der Waals surface area contributed by atoms with Crippen molar-refractivity contribution in [2.75, 3.05) is 13.2 Å². The largest absolute Gasteiger partial charge is 0.377 e. The van der Waals surface area contributed by atoms with Gasteiger partial charge >= 0.3 is 0 Å². The second-order valence-electron chi connectivity index (χ2n) is 4.00. The van der Waals surface area contributed by atoms with Crippen molar-refractivity contribution < 1.29 is 4.74 Å². The van der Waals surface area contributed by atoms with Gasteiger partial charge in [0.2, 0.25) is 0 Å². The van der Waals surface area contributed by atoms with Crippen molar-refractivity contribution >= 4 is 23.2 Å². The van der Waals surface area contributed by atoms with Crippen LogP contribution in [-0.4, -0.2) is 19.3 Å². The highest BCUT2D eigenvalue weighted by molar-refractivity contribution is 6.35. The normalized spacial score (nSPS) is 20.2. The van der Waals surface area contributed by atoms with Crippen LogP contribution in [0.15, 0.2) is 18.2 Å². The first-order valence-electron chi connectivity index (χ1n) is 5.52. The summed E-state index contributed by atoms with van der Waals surface area (Å²) >= 11 is 11.9. The van der Waals surface area contributed by atoms with E-state index in [9.17, 15) is 0 Å². The topological polar surface area (TPSA) is 21.3 Å². The molecule has 1 atom stereocenters. The van der Waals surface area contributed by atoms with E-state index in [2.05, 4.69) is 5.32 Å². The molecule has 0 radical (unpaired) electrons. The van der Waals surface area contributed by atoms with Gasteiger partial charge in [0.05, 0.1) is 6.10 Å². The van der Waals surface area contributed by atoms with E-state index in [0.717, 1.165) is 31.7 Å². The average molecular weight is 260 g/mol. The van der Waals surface area contributed by atoms with E-state index < -0.39 is 0 Å². The fraction of sp³-hybridized carbons (Fsp3) is 0.500. The molecule has 2 nitrogen and oxygen atoms in total. The Balaban J connectivity index is 1.80. The lowest BCUT2D eigenvalue weighted by atomic mass is 10.2. The van der Waals surface area contributed by atoms with Gasteiger partial charge in [0, 0.05) is 29.7 Å². The zero-order chi connectivity index (χ0) is 11.4. The number of nitrogens with one attached hydrogen (secondary N) is 1. The first kappa shape index (κ1) is 12.2. The molecular weight excluding hydrogens is 245 g/mol. The highest BCUT2D eigenvalue weighted by Gasteiger charge is 2.14. The molecule has 1 aromatic carbocycles. The summed E-state index contributed by atoms with van der Waals surface area (Å²) in [6.45, 7) is 2.54. The van der Waals surface area contributed by atoms with Gasteiger partial charge in [0.1, 0.15) is 0 Å². The predicted molar refractivity (Wildman–Crippen MR) is 67.1 cm³/mol. The zero-order valence-electron chi connectivity index (χ0n) is 9.01. The number of halogens is 2. The maximum absolute atomic E-state index is 6.07. The van der Waals surface area contributed by atoms with Gasteiger partial charge in [0.15, 0.2) is 0 Å². The number of rotatable bonds is 4. The molecule has 0 saturated carbocycles. The second kappa shape index (κ2) is 5.87. The van der Waals surface area contributed by atoms with Crippen molar-refractivity contribution in [3.8, 4) is 0 Å². The molecule has 1 saturated heterocycles. The van der Waals surface area contributed by atoms with E-state index in [-0.39, 0.29) is 0 Å². The van der Waals surface area contributed by atoms with Crippen LogP contribution in [0.4, 0.5) is 0 Å². The van der Waals surface area contributed by atoms with Crippen LogP contribution in [0.2, 0.25) is 10.0 Å². The fourth-order valence-corrected chi connectivity index (χ4v) is 2.31. The summed E-state index contributed by atoms with van der Waals surface area (Å²) in [5.41, 5.74) is 1.07. The molecule has 0 aliphatic carbocycles. The quantitative estimate of drug-likeness (QED) is 0.897. The first-order valence-corrected chi connectivity index (χ1v) is 6.27. The van der Waals surface area contributed by atoms with Crippen molar-refractivity contribution in [1.82, 2.24) is 5.32 Å². The average Bonchev–Trinajstić information content (AvgIpc) is 2.74. The Morgan fingerprint density at radius 1 is 1.38 bits per heavy atom. The third-order valence-electron chi connectivity index (χ3n) is 2.73. The van der Waals surface area contributed by atoms with Crippen molar-refractivity contribution in [1.29, 1.82) is 0 Å². The highest BCUT2D eigenvalue weighted by Crippen LogP contribution is 2.20. The lowest BCUT2D eigenvalue weighted by Gasteiger charge is -2.11. The Hall–Kier alpha value is -0.280. The fourth-order valence-electron chi connectivity index (χ4n) is 1.84. The van der Waals surface area contributed by atoms with Gasteiger partial charge < -0.3 is 10.1 Å². The van der Waals surface area contributed by atoms with Crippen LogP contribution in [0.3, 0.4) is 0 Å². The maximum Gasteiger partial charge on any atom is 0.0700 e. The summed E-state index contributed by atoms with van der Waals surface area (Å²) in [4.78, 5) is 0. The molecule has 0 spiro atoms. The summed E-state index contributed by atoms with van der Waals surface area (Å²) in [5, 5.41) is 4.74. The summed E-state index contributed by atoms with van der Waals surface area (Å²) in [5.74, 6) is 0. The van der Waals surface area contributed by atoms with Crippen molar-refractivity contribution in [2.45, 2.75) is 25.5 Å². The zero-order valence-corrected chi connectivity index (χ0v) is 10.5. The van der Waals surface area contributed by atoms with Crippen LogP contribution < -0.4 is 5.32 Å². The molecule has 0 unspecified atom stereocenters. The summed E-state index contributed by atoms with van der Waals surface area (Å²) < 4.78 is 5.52. The maximum atomic E-state index is 6.07. The van der Waals surface area contributed by atoms with E-state index in [1.165, 1.54) is 6.42 Å². The van der Waals surface area contributed by atoms with Crippen LogP contribution in [-0.2, 0) is 11.3 Å². The first-order chi connectivity index (χ1) is 7.75. The van der Waals surface area contributed by atoms with Crippen molar-refractivity contribution in [3.05, 3.63) is 33.8 Å². The third kappa shape index (κ3) is 3.36. The van der Waals surface area contributed by atoms with E-state index in [0.29, 0.717) is 16.1 Å². The van der Waals surface area contributed by atoms with Crippen LogP contribution in [0, 0.1) is 0 Å². The number of hydrogen-bond acceptors (Lipinski definition) is 2.